The van der Waals surface area contributed by atoms with Gasteiger partial charge in [-0.05, 0) is 31.9 Å². The van der Waals surface area contributed by atoms with Gasteiger partial charge in [-0.15, -0.1) is 0 Å². The first-order valence-electron chi connectivity index (χ1n) is 6.97. The minimum Gasteiger partial charge on any atom is -0.370 e. The monoisotopic (exact) mass is 305 g/mol. The van der Waals surface area contributed by atoms with Crippen molar-refractivity contribution in [2.45, 2.75) is 32.7 Å². The molecule has 1 aliphatic rings. The average Bonchev–Trinajstić information content (AvgIpc) is 2.39. The lowest BCUT2D eigenvalue weighted by molar-refractivity contribution is 0.760. The number of rotatable bonds is 3. The summed E-state index contributed by atoms with van der Waals surface area (Å²) in [6, 6.07) is 7.96. The Labute approximate surface area is 130 Å². The van der Waals surface area contributed by atoms with Gasteiger partial charge in [0.25, 0.3) is 0 Å². The molecule has 0 spiro atoms. The van der Waals surface area contributed by atoms with Gasteiger partial charge in [0.1, 0.15) is 0 Å². The zero-order valence-corrected chi connectivity index (χ0v) is 13.1. The van der Waals surface area contributed by atoms with Gasteiger partial charge in [0.15, 0.2) is 5.96 Å². The van der Waals surface area contributed by atoms with Crippen molar-refractivity contribution in [1.82, 2.24) is 5.32 Å². The first-order valence-corrected chi connectivity index (χ1v) is 7.34. The number of hydrogen-bond acceptors (Lipinski definition) is 3. The molecule has 2 rings (SSSR count). The van der Waals surface area contributed by atoms with E-state index in [1.807, 2.05) is 38.1 Å². The van der Waals surface area contributed by atoms with Crippen LogP contribution >= 0.6 is 11.6 Å². The van der Waals surface area contributed by atoms with Gasteiger partial charge in [0.2, 0.25) is 5.96 Å². The number of nitrogens with two attached hydrogens (primary N) is 1. The summed E-state index contributed by atoms with van der Waals surface area (Å²) >= 11 is 6.10. The molecule has 1 heterocycles. The quantitative estimate of drug-likeness (QED) is 0.664. The molecule has 1 unspecified atom stereocenters. The van der Waals surface area contributed by atoms with Gasteiger partial charge in [0.05, 0.1) is 6.04 Å². The number of aliphatic imine (C=N–C) groups is 3. The summed E-state index contributed by atoms with van der Waals surface area (Å²) in [6.07, 6.45) is 1.63. The Morgan fingerprint density at radius 3 is 2.95 bits per heavy atom. The molecule has 3 N–H and O–H groups in total. The molecule has 5 nitrogen and oxygen atoms in total. The summed E-state index contributed by atoms with van der Waals surface area (Å²) in [5, 5.41) is 3.69. The van der Waals surface area contributed by atoms with Crippen molar-refractivity contribution in [3.05, 3.63) is 34.9 Å². The maximum absolute atomic E-state index is 6.10. The molecule has 112 valence electrons. The first kappa shape index (κ1) is 15.5. The van der Waals surface area contributed by atoms with Gasteiger partial charge in [-0.2, -0.15) is 0 Å². The molecular weight excluding hydrogens is 286 g/mol. The Bertz CT molecular complexity index is 591. The smallest absolute Gasteiger partial charge is 0.225 e. The Morgan fingerprint density at radius 1 is 1.48 bits per heavy atom. The third kappa shape index (κ3) is 4.86. The minimum absolute atomic E-state index is 0.223. The van der Waals surface area contributed by atoms with E-state index >= 15 is 0 Å². The van der Waals surface area contributed by atoms with Crippen LogP contribution in [-0.4, -0.2) is 30.2 Å². The number of benzene rings is 1. The van der Waals surface area contributed by atoms with Crippen molar-refractivity contribution >= 4 is 29.2 Å². The summed E-state index contributed by atoms with van der Waals surface area (Å²) < 4.78 is 0. The van der Waals surface area contributed by atoms with Crippen LogP contribution in [0.4, 0.5) is 0 Å². The Kier molecular flexibility index (Phi) is 5.33. The highest BCUT2D eigenvalue weighted by Gasteiger charge is 2.11. The molecule has 0 fully saturated rings. The van der Waals surface area contributed by atoms with E-state index in [0.717, 1.165) is 29.1 Å². The molecule has 1 atom stereocenters. The standard InChI is InChI=1S/C15H20ClN5/c1-10-9-11(2)20-15(19-10)21-14(17)18-8-7-12-5-3-4-6-13(12)16/h3-6,10H,7-9H2,1-2H3,(H3,17,18,19,21). The second-order valence-electron chi connectivity index (χ2n) is 5.09. The predicted octanol–water partition coefficient (Wildman–Crippen LogP) is 2.40. The predicted molar refractivity (Wildman–Crippen MR) is 89.4 cm³/mol. The topological polar surface area (TPSA) is 75.1 Å². The van der Waals surface area contributed by atoms with Crippen LogP contribution in [-0.2, 0) is 6.42 Å². The molecule has 0 bridgehead atoms. The molecule has 0 saturated heterocycles. The van der Waals surface area contributed by atoms with Crippen LogP contribution in [0.15, 0.2) is 39.2 Å². The summed E-state index contributed by atoms with van der Waals surface area (Å²) in [7, 11) is 0. The molecule has 6 heteroatoms. The van der Waals surface area contributed by atoms with E-state index < -0.39 is 0 Å². The van der Waals surface area contributed by atoms with Crippen LogP contribution in [0.3, 0.4) is 0 Å². The maximum Gasteiger partial charge on any atom is 0.225 e. The van der Waals surface area contributed by atoms with Gasteiger partial charge in [-0.3, -0.25) is 10.3 Å². The fourth-order valence-electron chi connectivity index (χ4n) is 2.15. The SMILES string of the molecule is CC1=NC(NC(N)=NCCc2ccccc2Cl)=NC(C)C1. The third-order valence-electron chi connectivity index (χ3n) is 3.09. The molecule has 0 aliphatic carbocycles. The highest BCUT2D eigenvalue weighted by Crippen LogP contribution is 2.15. The average molecular weight is 306 g/mol. The van der Waals surface area contributed by atoms with E-state index in [4.69, 9.17) is 17.3 Å². The second-order valence-corrected chi connectivity index (χ2v) is 5.49. The first-order chi connectivity index (χ1) is 10.0. The van der Waals surface area contributed by atoms with Gasteiger partial charge >= 0.3 is 0 Å². The zero-order valence-electron chi connectivity index (χ0n) is 12.3. The van der Waals surface area contributed by atoms with E-state index in [1.54, 1.807) is 0 Å². The number of guanidine groups is 2. The second kappa shape index (κ2) is 7.22. The van der Waals surface area contributed by atoms with E-state index in [-0.39, 0.29) is 6.04 Å². The molecule has 21 heavy (non-hydrogen) atoms. The van der Waals surface area contributed by atoms with Gasteiger partial charge < -0.3 is 5.73 Å². The Morgan fingerprint density at radius 2 is 2.24 bits per heavy atom. The van der Waals surface area contributed by atoms with Crippen LogP contribution in [0.2, 0.25) is 5.02 Å². The van der Waals surface area contributed by atoms with Crippen molar-refractivity contribution in [2.24, 2.45) is 20.7 Å². The summed E-state index contributed by atoms with van der Waals surface area (Å²) in [5.74, 6) is 0.858. The van der Waals surface area contributed by atoms with Crippen molar-refractivity contribution in [3.63, 3.8) is 0 Å². The van der Waals surface area contributed by atoms with E-state index in [2.05, 4.69) is 20.3 Å². The molecule has 1 aliphatic heterocycles. The van der Waals surface area contributed by atoms with Crippen molar-refractivity contribution in [2.75, 3.05) is 6.54 Å². The fraction of sp³-hybridized carbons (Fsp3) is 0.400. The molecule has 1 aromatic carbocycles. The Balaban J connectivity index is 1.89. The van der Waals surface area contributed by atoms with Gasteiger partial charge in [0, 0.05) is 23.7 Å². The van der Waals surface area contributed by atoms with E-state index in [9.17, 15) is 0 Å². The van der Waals surface area contributed by atoms with Crippen LogP contribution in [0, 0.1) is 0 Å². The summed E-state index contributed by atoms with van der Waals surface area (Å²) in [4.78, 5) is 13.0. The minimum atomic E-state index is 0.223. The van der Waals surface area contributed by atoms with Gasteiger partial charge in [-0.25, -0.2) is 9.98 Å². The fourth-order valence-corrected chi connectivity index (χ4v) is 2.38. The largest absolute Gasteiger partial charge is 0.370 e. The van der Waals surface area contributed by atoms with Crippen molar-refractivity contribution in [3.8, 4) is 0 Å². The third-order valence-corrected chi connectivity index (χ3v) is 3.46. The Hall–Kier alpha value is -1.88. The summed E-state index contributed by atoms with van der Waals surface area (Å²) in [5.41, 5.74) is 7.96. The molecular formula is C15H20ClN5. The number of hydrogen-bond donors (Lipinski definition) is 2. The summed E-state index contributed by atoms with van der Waals surface area (Å²) in [6.45, 7) is 4.59. The molecule has 0 aromatic heterocycles. The normalized spacial score (nSPS) is 19.0. The number of nitrogens with one attached hydrogen (secondary N) is 1. The molecule has 1 aromatic rings. The lowest BCUT2D eigenvalue weighted by Crippen LogP contribution is -2.38. The van der Waals surface area contributed by atoms with Crippen molar-refractivity contribution in [1.29, 1.82) is 0 Å². The van der Waals surface area contributed by atoms with Crippen LogP contribution in [0.1, 0.15) is 25.8 Å². The van der Waals surface area contributed by atoms with Crippen LogP contribution in [0.5, 0.6) is 0 Å². The molecule has 0 radical (unpaired) electrons. The molecule has 0 saturated carbocycles. The zero-order chi connectivity index (χ0) is 15.2. The number of nitrogens with zero attached hydrogens (tertiary/aromatic N) is 3. The lowest BCUT2D eigenvalue weighted by Gasteiger charge is -2.15. The van der Waals surface area contributed by atoms with E-state index in [1.165, 1.54) is 0 Å². The maximum atomic E-state index is 6.10. The van der Waals surface area contributed by atoms with E-state index in [0.29, 0.717) is 18.5 Å². The van der Waals surface area contributed by atoms with Gasteiger partial charge in [-0.1, -0.05) is 29.8 Å². The van der Waals surface area contributed by atoms with Crippen molar-refractivity contribution < 1.29 is 0 Å². The van der Waals surface area contributed by atoms with Crippen LogP contribution < -0.4 is 11.1 Å². The molecule has 0 amide bonds. The lowest BCUT2D eigenvalue weighted by atomic mass is 10.1. The highest BCUT2D eigenvalue weighted by molar-refractivity contribution is 6.31. The highest BCUT2D eigenvalue weighted by atomic mass is 35.5. The van der Waals surface area contributed by atoms with Crippen LogP contribution in [0.25, 0.3) is 0 Å². The number of halogens is 1.